The Morgan fingerprint density at radius 3 is 2.30 bits per heavy atom. The Labute approximate surface area is 180 Å². The molecule has 1 aromatic carbocycles. The number of piperidine rings is 1. The number of benzene rings is 1. The molecule has 0 aliphatic carbocycles. The zero-order chi connectivity index (χ0) is 21.4. The number of carbonyl (C=O) groups excluding carboxylic acids is 2. The summed E-state index contributed by atoms with van der Waals surface area (Å²) >= 11 is 0. The molecule has 164 valence electrons. The molecule has 1 spiro atoms. The van der Waals surface area contributed by atoms with Gasteiger partial charge in [0.05, 0.1) is 0 Å². The van der Waals surface area contributed by atoms with Gasteiger partial charge in [-0.15, -0.1) is 0 Å². The normalized spacial score (nSPS) is 23.2. The molecule has 2 amide bonds. The molecule has 5 heteroatoms. The van der Waals surface area contributed by atoms with Crippen LogP contribution in [0.1, 0.15) is 77.2 Å². The van der Waals surface area contributed by atoms with E-state index < -0.39 is 0 Å². The van der Waals surface area contributed by atoms with Gasteiger partial charge in [0.1, 0.15) is 11.4 Å². The standard InChI is InChI=1S/C25H36N2O3/c1-24(2,3)18-23(29)27-14-10-25(11-15-27)17-19(16-22(28)26-12-6-7-13-26)20-8-4-5-9-21(20)30-25/h4-5,8-9,19H,6-7,10-18H2,1-3H3. The first-order valence-corrected chi connectivity index (χ1v) is 11.6. The van der Waals surface area contributed by atoms with Crippen LogP contribution in [0.4, 0.5) is 0 Å². The van der Waals surface area contributed by atoms with Crippen molar-refractivity contribution < 1.29 is 14.3 Å². The van der Waals surface area contributed by atoms with Gasteiger partial charge in [0.25, 0.3) is 0 Å². The van der Waals surface area contributed by atoms with Crippen LogP contribution in [-0.4, -0.2) is 53.4 Å². The number of likely N-dealkylation sites (tertiary alicyclic amines) is 2. The van der Waals surface area contributed by atoms with Crippen LogP contribution in [0, 0.1) is 5.41 Å². The Hall–Kier alpha value is -2.04. The highest BCUT2D eigenvalue weighted by atomic mass is 16.5. The van der Waals surface area contributed by atoms with Crippen molar-refractivity contribution in [2.75, 3.05) is 26.2 Å². The first kappa shape index (κ1) is 21.2. The molecule has 0 aromatic heterocycles. The van der Waals surface area contributed by atoms with E-state index >= 15 is 0 Å². The van der Waals surface area contributed by atoms with E-state index in [-0.39, 0.29) is 28.7 Å². The second-order valence-electron chi connectivity index (χ2n) is 10.6. The lowest BCUT2D eigenvalue weighted by Crippen LogP contribution is -2.52. The molecule has 3 aliphatic rings. The molecule has 0 saturated carbocycles. The predicted octanol–water partition coefficient (Wildman–Crippen LogP) is 4.36. The molecular weight excluding hydrogens is 376 g/mol. The van der Waals surface area contributed by atoms with Crippen LogP contribution in [0.5, 0.6) is 5.75 Å². The fourth-order valence-electron chi connectivity index (χ4n) is 5.27. The minimum Gasteiger partial charge on any atom is -0.487 e. The third-order valence-electron chi connectivity index (χ3n) is 6.89. The maximum absolute atomic E-state index is 12.9. The van der Waals surface area contributed by atoms with Gasteiger partial charge in [-0.1, -0.05) is 39.0 Å². The number of carbonyl (C=O) groups is 2. The summed E-state index contributed by atoms with van der Waals surface area (Å²) in [5, 5.41) is 0. The van der Waals surface area contributed by atoms with Crippen molar-refractivity contribution in [3.63, 3.8) is 0 Å². The van der Waals surface area contributed by atoms with Gasteiger partial charge in [-0.3, -0.25) is 9.59 Å². The fraction of sp³-hybridized carbons (Fsp3) is 0.680. The molecular formula is C25H36N2O3. The second kappa shape index (κ2) is 8.24. The van der Waals surface area contributed by atoms with Gasteiger partial charge in [0.2, 0.25) is 11.8 Å². The first-order valence-electron chi connectivity index (χ1n) is 11.6. The van der Waals surface area contributed by atoms with Crippen molar-refractivity contribution in [1.29, 1.82) is 0 Å². The van der Waals surface area contributed by atoms with Gasteiger partial charge in [-0.2, -0.15) is 0 Å². The average molecular weight is 413 g/mol. The fourth-order valence-corrected chi connectivity index (χ4v) is 5.27. The van der Waals surface area contributed by atoms with E-state index in [1.807, 2.05) is 28.0 Å². The summed E-state index contributed by atoms with van der Waals surface area (Å²) < 4.78 is 6.56. The van der Waals surface area contributed by atoms with Crippen molar-refractivity contribution in [3.8, 4) is 5.75 Å². The molecule has 1 atom stereocenters. The summed E-state index contributed by atoms with van der Waals surface area (Å²) in [5.41, 5.74) is 0.915. The topological polar surface area (TPSA) is 49.9 Å². The number of para-hydroxylation sites is 1. The maximum Gasteiger partial charge on any atom is 0.223 e. The number of nitrogens with zero attached hydrogens (tertiary/aromatic N) is 2. The van der Waals surface area contributed by atoms with E-state index in [1.54, 1.807) is 0 Å². The molecule has 1 aromatic rings. The summed E-state index contributed by atoms with van der Waals surface area (Å²) in [6.45, 7) is 9.62. The zero-order valence-electron chi connectivity index (χ0n) is 18.8. The molecule has 5 nitrogen and oxygen atoms in total. The molecule has 30 heavy (non-hydrogen) atoms. The number of fused-ring (bicyclic) bond motifs is 1. The molecule has 3 aliphatic heterocycles. The number of amides is 2. The Kier molecular flexibility index (Phi) is 5.82. The summed E-state index contributed by atoms with van der Waals surface area (Å²) in [6, 6.07) is 8.22. The van der Waals surface area contributed by atoms with E-state index in [4.69, 9.17) is 4.74 Å². The van der Waals surface area contributed by atoms with Crippen molar-refractivity contribution in [2.45, 2.75) is 77.2 Å². The van der Waals surface area contributed by atoms with Crippen molar-refractivity contribution in [3.05, 3.63) is 29.8 Å². The number of rotatable bonds is 3. The van der Waals surface area contributed by atoms with E-state index in [1.165, 1.54) is 5.56 Å². The van der Waals surface area contributed by atoms with Crippen LogP contribution in [0.15, 0.2) is 24.3 Å². The van der Waals surface area contributed by atoms with Gasteiger partial charge < -0.3 is 14.5 Å². The van der Waals surface area contributed by atoms with Gasteiger partial charge in [0.15, 0.2) is 0 Å². The number of hydrogen-bond donors (Lipinski definition) is 0. The maximum atomic E-state index is 12.9. The van der Waals surface area contributed by atoms with Gasteiger partial charge in [-0.05, 0) is 36.3 Å². The highest BCUT2D eigenvalue weighted by Gasteiger charge is 2.44. The molecule has 0 bridgehead atoms. The van der Waals surface area contributed by atoms with Gasteiger partial charge in [0, 0.05) is 57.8 Å². The Bertz CT molecular complexity index is 784. The van der Waals surface area contributed by atoms with E-state index in [0.717, 1.165) is 64.0 Å². The second-order valence-corrected chi connectivity index (χ2v) is 10.6. The highest BCUT2D eigenvalue weighted by Crippen LogP contribution is 2.47. The van der Waals surface area contributed by atoms with E-state index in [0.29, 0.717) is 12.8 Å². The molecule has 0 N–H and O–H groups in total. The third-order valence-corrected chi connectivity index (χ3v) is 6.89. The van der Waals surface area contributed by atoms with Crippen LogP contribution < -0.4 is 4.74 Å². The predicted molar refractivity (Wildman–Crippen MR) is 117 cm³/mol. The Morgan fingerprint density at radius 2 is 1.63 bits per heavy atom. The van der Waals surface area contributed by atoms with Crippen LogP contribution in [0.3, 0.4) is 0 Å². The minimum atomic E-state index is -0.261. The summed E-state index contributed by atoms with van der Waals surface area (Å²) in [4.78, 5) is 29.6. The highest BCUT2D eigenvalue weighted by molar-refractivity contribution is 5.78. The Balaban J connectivity index is 1.46. The SMILES string of the molecule is CC(C)(C)CC(=O)N1CCC2(CC1)CC(CC(=O)N1CCCC1)c1ccccc1O2. The third kappa shape index (κ3) is 4.65. The lowest BCUT2D eigenvalue weighted by molar-refractivity contribution is -0.137. The van der Waals surface area contributed by atoms with Crippen LogP contribution in [0.25, 0.3) is 0 Å². The van der Waals surface area contributed by atoms with Crippen molar-refractivity contribution in [2.24, 2.45) is 5.41 Å². The Morgan fingerprint density at radius 1 is 1.00 bits per heavy atom. The van der Waals surface area contributed by atoms with E-state index in [9.17, 15) is 9.59 Å². The van der Waals surface area contributed by atoms with Crippen molar-refractivity contribution in [1.82, 2.24) is 9.80 Å². The van der Waals surface area contributed by atoms with Gasteiger partial charge in [-0.25, -0.2) is 0 Å². The molecule has 0 radical (unpaired) electrons. The van der Waals surface area contributed by atoms with Crippen LogP contribution >= 0.6 is 0 Å². The molecule has 4 rings (SSSR count). The molecule has 1 unspecified atom stereocenters. The molecule has 2 fully saturated rings. The smallest absolute Gasteiger partial charge is 0.223 e. The van der Waals surface area contributed by atoms with E-state index in [2.05, 4.69) is 26.8 Å². The van der Waals surface area contributed by atoms with Gasteiger partial charge >= 0.3 is 0 Å². The monoisotopic (exact) mass is 412 g/mol. The minimum absolute atomic E-state index is 0.00747. The lowest BCUT2D eigenvalue weighted by Gasteiger charge is -2.47. The zero-order valence-corrected chi connectivity index (χ0v) is 18.8. The molecule has 3 heterocycles. The number of ether oxygens (including phenoxy) is 1. The number of hydrogen-bond acceptors (Lipinski definition) is 3. The molecule has 2 saturated heterocycles. The summed E-state index contributed by atoms with van der Waals surface area (Å²) in [5.74, 6) is 1.65. The largest absolute Gasteiger partial charge is 0.487 e. The quantitative estimate of drug-likeness (QED) is 0.741. The van der Waals surface area contributed by atoms with Crippen molar-refractivity contribution >= 4 is 11.8 Å². The average Bonchev–Trinajstić information content (AvgIpc) is 3.22. The van der Waals surface area contributed by atoms with Crippen LogP contribution in [-0.2, 0) is 9.59 Å². The summed E-state index contributed by atoms with van der Waals surface area (Å²) in [6.07, 6.45) is 5.94. The summed E-state index contributed by atoms with van der Waals surface area (Å²) in [7, 11) is 0. The first-order chi connectivity index (χ1) is 14.2. The van der Waals surface area contributed by atoms with Crippen LogP contribution in [0.2, 0.25) is 0 Å². The lowest BCUT2D eigenvalue weighted by atomic mass is 9.76.